The summed E-state index contributed by atoms with van der Waals surface area (Å²) < 4.78 is 27.4. The van der Waals surface area contributed by atoms with Crippen molar-refractivity contribution < 1.29 is 13.2 Å². The van der Waals surface area contributed by atoms with Crippen LogP contribution in [-0.2, 0) is 10.0 Å². The number of nitrogens with one attached hydrogen (secondary N) is 1. The molecule has 7 nitrogen and oxygen atoms in total. The van der Waals surface area contributed by atoms with Crippen LogP contribution in [0.15, 0.2) is 65.7 Å². The van der Waals surface area contributed by atoms with Crippen molar-refractivity contribution in [3.05, 3.63) is 66.5 Å². The molecule has 1 fully saturated rings. The summed E-state index contributed by atoms with van der Waals surface area (Å²) in [5, 5.41) is 4.44. The number of pyridine rings is 1. The van der Waals surface area contributed by atoms with Crippen molar-refractivity contribution in [1.29, 1.82) is 0 Å². The van der Waals surface area contributed by atoms with Crippen molar-refractivity contribution in [2.24, 2.45) is 0 Å². The molecule has 1 aromatic heterocycles. The minimum atomic E-state index is -3.60. The molecule has 0 atom stereocenters. The molecule has 0 spiro atoms. The Morgan fingerprint density at radius 3 is 2.55 bits per heavy atom. The number of hydrogen-bond acceptors (Lipinski definition) is 5. The van der Waals surface area contributed by atoms with Crippen molar-refractivity contribution in [3.8, 4) is 0 Å². The number of anilines is 1. The molecule has 8 heteroatoms. The highest BCUT2D eigenvalue weighted by molar-refractivity contribution is 7.89. The second kappa shape index (κ2) is 7.90. The zero-order valence-electron chi connectivity index (χ0n) is 16.1. The van der Waals surface area contributed by atoms with Crippen LogP contribution in [0, 0.1) is 0 Å². The zero-order chi connectivity index (χ0) is 20.4. The molecule has 0 radical (unpaired) electrons. The first-order valence-electron chi connectivity index (χ1n) is 9.39. The van der Waals surface area contributed by atoms with Crippen LogP contribution in [0.2, 0.25) is 0 Å². The van der Waals surface area contributed by atoms with E-state index in [0.29, 0.717) is 37.6 Å². The van der Waals surface area contributed by atoms with Gasteiger partial charge in [0.05, 0.1) is 4.90 Å². The van der Waals surface area contributed by atoms with E-state index in [-0.39, 0.29) is 10.8 Å². The molecule has 0 unspecified atom stereocenters. The van der Waals surface area contributed by atoms with Crippen LogP contribution in [0.5, 0.6) is 0 Å². The topological polar surface area (TPSA) is 82.6 Å². The number of nitrogens with zero attached hydrogens (tertiary/aromatic N) is 3. The first-order chi connectivity index (χ1) is 13.9. The number of carbonyl (C=O) groups excluding carboxylic acids is 1. The van der Waals surface area contributed by atoms with Gasteiger partial charge in [0.15, 0.2) is 0 Å². The average Bonchev–Trinajstić information content (AvgIpc) is 2.74. The van der Waals surface area contributed by atoms with E-state index in [0.717, 1.165) is 10.8 Å². The van der Waals surface area contributed by atoms with E-state index >= 15 is 0 Å². The third-order valence-electron chi connectivity index (χ3n) is 5.08. The summed E-state index contributed by atoms with van der Waals surface area (Å²) in [4.78, 5) is 19.3. The van der Waals surface area contributed by atoms with Crippen LogP contribution >= 0.6 is 0 Å². The minimum absolute atomic E-state index is 0.172. The maximum absolute atomic E-state index is 13.0. The summed E-state index contributed by atoms with van der Waals surface area (Å²) in [5.41, 5.74) is 0.718. The van der Waals surface area contributed by atoms with E-state index in [1.807, 2.05) is 37.4 Å². The van der Waals surface area contributed by atoms with Gasteiger partial charge >= 0.3 is 0 Å². The van der Waals surface area contributed by atoms with Gasteiger partial charge in [0, 0.05) is 43.4 Å². The van der Waals surface area contributed by atoms with Crippen LogP contribution < -0.4 is 5.32 Å². The van der Waals surface area contributed by atoms with Crippen molar-refractivity contribution in [3.63, 3.8) is 0 Å². The van der Waals surface area contributed by atoms with E-state index in [9.17, 15) is 13.2 Å². The number of carbonyl (C=O) groups is 1. The number of hydrogen-bond donors (Lipinski definition) is 1. The number of likely N-dealkylation sites (N-methyl/N-ethyl adjacent to an activating group) is 1. The summed E-state index contributed by atoms with van der Waals surface area (Å²) in [5.74, 6) is -0.379. The van der Waals surface area contributed by atoms with Crippen LogP contribution in [0.3, 0.4) is 0 Å². The van der Waals surface area contributed by atoms with E-state index in [1.165, 1.54) is 10.4 Å². The highest BCUT2D eigenvalue weighted by Crippen LogP contribution is 2.22. The molecular weight excluding hydrogens is 388 g/mol. The van der Waals surface area contributed by atoms with Gasteiger partial charge in [-0.3, -0.25) is 9.78 Å². The predicted octanol–water partition coefficient (Wildman–Crippen LogP) is 2.42. The Balaban J connectivity index is 1.58. The van der Waals surface area contributed by atoms with Crippen LogP contribution in [0.1, 0.15) is 10.5 Å². The number of aromatic nitrogens is 1. The van der Waals surface area contributed by atoms with Gasteiger partial charge < -0.3 is 10.2 Å². The first-order valence-corrected chi connectivity index (χ1v) is 10.8. The summed E-state index contributed by atoms with van der Waals surface area (Å²) >= 11 is 0. The molecule has 1 amide bonds. The second-order valence-corrected chi connectivity index (χ2v) is 9.01. The molecule has 29 heavy (non-hydrogen) atoms. The molecule has 0 bridgehead atoms. The number of benzene rings is 2. The van der Waals surface area contributed by atoms with Crippen LogP contribution in [-0.4, -0.2) is 61.7 Å². The van der Waals surface area contributed by atoms with Crippen molar-refractivity contribution in [2.75, 3.05) is 38.5 Å². The van der Waals surface area contributed by atoms with Gasteiger partial charge in [-0.25, -0.2) is 8.42 Å². The van der Waals surface area contributed by atoms with E-state index in [1.54, 1.807) is 24.4 Å². The van der Waals surface area contributed by atoms with Gasteiger partial charge in [0.25, 0.3) is 5.91 Å². The quantitative estimate of drug-likeness (QED) is 0.714. The average molecular weight is 410 g/mol. The highest BCUT2D eigenvalue weighted by Gasteiger charge is 2.27. The lowest BCUT2D eigenvalue weighted by Crippen LogP contribution is -2.47. The Kier molecular flexibility index (Phi) is 5.31. The SMILES string of the molecule is CN1CCN(S(=O)(=O)c2cccc(NC(=O)c3nccc4ccccc34)c2)CC1. The Labute approximate surface area is 170 Å². The highest BCUT2D eigenvalue weighted by atomic mass is 32.2. The number of rotatable bonds is 4. The van der Waals surface area contributed by atoms with E-state index in [4.69, 9.17) is 0 Å². The fourth-order valence-electron chi connectivity index (χ4n) is 3.40. The predicted molar refractivity (Wildman–Crippen MR) is 112 cm³/mol. The second-order valence-electron chi connectivity index (χ2n) is 7.07. The fraction of sp³-hybridized carbons (Fsp3) is 0.238. The first kappa shape index (κ1) is 19.5. The van der Waals surface area contributed by atoms with Gasteiger partial charge in [-0.1, -0.05) is 30.3 Å². The van der Waals surface area contributed by atoms with Gasteiger partial charge in [-0.2, -0.15) is 4.31 Å². The molecule has 2 heterocycles. The molecule has 3 aromatic rings. The lowest BCUT2D eigenvalue weighted by atomic mass is 10.1. The smallest absolute Gasteiger partial charge is 0.274 e. The molecule has 1 aliphatic heterocycles. The summed E-state index contributed by atoms with van der Waals surface area (Å²) in [7, 11) is -1.63. The molecular formula is C21H22N4O3S. The third kappa shape index (κ3) is 4.00. The number of piperazine rings is 1. The largest absolute Gasteiger partial charge is 0.321 e. The maximum atomic E-state index is 13.0. The van der Waals surface area contributed by atoms with Gasteiger partial charge in [0.2, 0.25) is 10.0 Å². The Bertz CT molecular complexity index is 1150. The van der Waals surface area contributed by atoms with Crippen LogP contribution in [0.25, 0.3) is 10.8 Å². The third-order valence-corrected chi connectivity index (χ3v) is 6.98. The Morgan fingerprint density at radius 2 is 1.76 bits per heavy atom. The van der Waals surface area contributed by atoms with Gasteiger partial charge in [0.1, 0.15) is 5.69 Å². The van der Waals surface area contributed by atoms with E-state index < -0.39 is 10.0 Å². The number of sulfonamides is 1. The molecule has 2 aromatic carbocycles. The zero-order valence-corrected chi connectivity index (χ0v) is 16.9. The standard InChI is InChI=1S/C21H22N4O3S/c1-24-11-13-25(14-12-24)29(27,28)18-7-4-6-17(15-18)23-21(26)20-19-8-3-2-5-16(19)9-10-22-20/h2-10,15H,11-14H2,1H3,(H,23,26). The molecule has 0 aliphatic carbocycles. The molecule has 4 rings (SSSR count). The molecule has 1 aliphatic rings. The lowest BCUT2D eigenvalue weighted by molar-refractivity contribution is 0.102. The van der Waals surface area contributed by atoms with Gasteiger partial charge in [-0.15, -0.1) is 0 Å². The fourth-order valence-corrected chi connectivity index (χ4v) is 4.87. The number of amides is 1. The Morgan fingerprint density at radius 1 is 1.00 bits per heavy atom. The lowest BCUT2D eigenvalue weighted by Gasteiger charge is -2.31. The maximum Gasteiger partial charge on any atom is 0.274 e. The van der Waals surface area contributed by atoms with Crippen LogP contribution in [0.4, 0.5) is 5.69 Å². The van der Waals surface area contributed by atoms with E-state index in [2.05, 4.69) is 15.2 Å². The number of fused-ring (bicyclic) bond motifs is 1. The van der Waals surface area contributed by atoms with Gasteiger partial charge in [-0.05, 0) is 36.7 Å². The molecule has 1 saturated heterocycles. The summed E-state index contributed by atoms with van der Waals surface area (Å²) in [6, 6.07) is 15.7. The normalized spacial score (nSPS) is 16.0. The monoisotopic (exact) mass is 410 g/mol. The van der Waals surface area contributed by atoms with Crippen molar-refractivity contribution in [2.45, 2.75) is 4.90 Å². The summed E-state index contributed by atoms with van der Waals surface area (Å²) in [6.45, 7) is 2.30. The van der Waals surface area contributed by atoms with Crippen molar-refractivity contribution >= 4 is 32.4 Å². The molecule has 150 valence electrons. The molecule has 0 saturated carbocycles. The minimum Gasteiger partial charge on any atom is -0.321 e. The van der Waals surface area contributed by atoms with Crippen molar-refractivity contribution in [1.82, 2.24) is 14.2 Å². The molecule has 1 N–H and O–H groups in total. The Hall–Kier alpha value is -2.81. The summed E-state index contributed by atoms with van der Waals surface area (Å²) in [6.07, 6.45) is 1.59.